The van der Waals surface area contributed by atoms with Crippen molar-refractivity contribution in [3.8, 4) is 0 Å². The Bertz CT molecular complexity index is 633. The van der Waals surface area contributed by atoms with Gasteiger partial charge in [-0.15, -0.1) is 0 Å². The second-order valence-electron chi connectivity index (χ2n) is 4.63. The van der Waals surface area contributed by atoms with Crippen molar-refractivity contribution in [3.05, 3.63) is 41.0 Å². The van der Waals surface area contributed by atoms with Crippen LogP contribution in [0.5, 0.6) is 0 Å². The molecule has 0 spiro atoms. The molecule has 0 bridgehead atoms. The fraction of sp³-hybridized carbons (Fsp3) is 0.333. The highest BCUT2D eigenvalue weighted by atomic mass is 35.5. The lowest BCUT2D eigenvalue weighted by atomic mass is 10.2. The molecule has 5 nitrogen and oxygen atoms in total. The van der Waals surface area contributed by atoms with E-state index in [2.05, 4.69) is 4.98 Å². The van der Waals surface area contributed by atoms with E-state index < -0.39 is 0 Å². The molecule has 0 aliphatic heterocycles. The van der Waals surface area contributed by atoms with E-state index in [-0.39, 0.29) is 25.7 Å². The maximum Gasteiger partial charge on any atom is 0.272 e. The summed E-state index contributed by atoms with van der Waals surface area (Å²) in [7, 11) is 0. The Morgan fingerprint density at radius 3 is 2.62 bits per heavy atom. The third-order valence-electron chi connectivity index (χ3n) is 3.12. The average Bonchev–Trinajstić information content (AvgIpc) is 2.50. The number of aliphatic hydroxyl groups excluding tert-OH is 2. The van der Waals surface area contributed by atoms with Crippen molar-refractivity contribution in [1.29, 1.82) is 0 Å². The van der Waals surface area contributed by atoms with Crippen LogP contribution in [0.1, 0.15) is 16.9 Å². The van der Waals surface area contributed by atoms with Crippen LogP contribution in [0.4, 0.5) is 0 Å². The number of aliphatic hydroxyl groups is 2. The van der Waals surface area contributed by atoms with Gasteiger partial charge in [0.2, 0.25) is 0 Å². The predicted molar refractivity (Wildman–Crippen MR) is 81.4 cm³/mol. The van der Waals surface area contributed by atoms with Gasteiger partial charge in [0.15, 0.2) is 0 Å². The first-order valence-electron chi connectivity index (χ1n) is 6.73. The minimum atomic E-state index is -0.264. The van der Waals surface area contributed by atoms with Crippen LogP contribution >= 0.6 is 11.6 Å². The topological polar surface area (TPSA) is 73.7 Å². The molecule has 1 aromatic carbocycles. The van der Waals surface area contributed by atoms with Crippen LogP contribution < -0.4 is 0 Å². The standard InChI is InChI=1S/C15H17ClN2O3/c16-12-4-2-11-3-5-13(17-14(11)10-12)15(21)18(7-9-20)6-1-8-19/h2-5,10,19-20H,1,6-9H2. The molecular formula is C15H17ClN2O3. The van der Waals surface area contributed by atoms with Gasteiger partial charge in [0.1, 0.15) is 5.69 Å². The van der Waals surface area contributed by atoms with Gasteiger partial charge >= 0.3 is 0 Å². The lowest BCUT2D eigenvalue weighted by molar-refractivity contribution is 0.0704. The zero-order valence-corrected chi connectivity index (χ0v) is 12.3. The number of nitrogens with zero attached hydrogens (tertiary/aromatic N) is 2. The lowest BCUT2D eigenvalue weighted by Crippen LogP contribution is -2.35. The molecule has 1 amide bonds. The largest absolute Gasteiger partial charge is 0.396 e. The molecule has 0 saturated carbocycles. The maximum absolute atomic E-state index is 12.4. The van der Waals surface area contributed by atoms with Gasteiger partial charge in [0, 0.05) is 30.1 Å². The second kappa shape index (κ2) is 7.36. The normalized spacial score (nSPS) is 10.8. The van der Waals surface area contributed by atoms with Crippen molar-refractivity contribution in [1.82, 2.24) is 9.88 Å². The highest BCUT2D eigenvalue weighted by Gasteiger charge is 2.16. The molecule has 0 aliphatic rings. The van der Waals surface area contributed by atoms with Gasteiger partial charge in [-0.2, -0.15) is 0 Å². The van der Waals surface area contributed by atoms with Crippen molar-refractivity contribution in [2.75, 3.05) is 26.3 Å². The smallest absolute Gasteiger partial charge is 0.272 e. The van der Waals surface area contributed by atoms with E-state index in [1.54, 1.807) is 18.2 Å². The van der Waals surface area contributed by atoms with Gasteiger partial charge in [-0.3, -0.25) is 4.79 Å². The summed E-state index contributed by atoms with van der Waals surface area (Å²) in [5.41, 5.74) is 0.954. The summed E-state index contributed by atoms with van der Waals surface area (Å²) >= 11 is 5.94. The van der Waals surface area contributed by atoms with Gasteiger partial charge in [0.05, 0.1) is 12.1 Å². The molecule has 1 heterocycles. The van der Waals surface area contributed by atoms with E-state index in [0.717, 1.165) is 5.39 Å². The SMILES string of the molecule is O=C(c1ccc2ccc(Cl)cc2n1)N(CCO)CCCO. The monoisotopic (exact) mass is 308 g/mol. The molecule has 21 heavy (non-hydrogen) atoms. The Labute approximate surface area is 127 Å². The first-order chi connectivity index (χ1) is 10.2. The Morgan fingerprint density at radius 2 is 1.90 bits per heavy atom. The van der Waals surface area contributed by atoms with Crippen LogP contribution in [0.25, 0.3) is 10.9 Å². The number of rotatable bonds is 6. The number of carbonyl (C=O) groups excluding carboxylic acids is 1. The number of amides is 1. The number of hydrogen-bond donors (Lipinski definition) is 2. The molecule has 0 radical (unpaired) electrons. The number of pyridine rings is 1. The van der Waals surface area contributed by atoms with Gasteiger partial charge in [-0.1, -0.05) is 23.7 Å². The van der Waals surface area contributed by atoms with Crippen LogP contribution in [0, 0.1) is 0 Å². The van der Waals surface area contributed by atoms with Crippen molar-refractivity contribution in [2.45, 2.75) is 6.42 Å². The van der Waals surface area contributed by atoms with Crippen LogP contribution in [-0.2, 0) is 0 Å². The van der Waals surface area contributed by atoms with Gasteiger partial charge < -0.3 is 15.1 Å². The molecule has 2 aromatic rings. The molecule has 0 fully saturated rings. The average molecular weight is 309 g/mol. The number of hydrogen-bond acceptors (Lipinski definition) is 4. The quantitative estimate of drug-likeness (QED) is 0.852. The van der Waals surface area contributed by atoms with E-state index in [9.17, 15) is 4.79 Å². The molecule has 6 heteroatoms. The predicted octanol–water partition coefficient (Wildman–Crippen LogP) is 1.71. The molecule has 2 rings (SSSR count). The fourth-order valence-electron chi connectivity index (χ4n) is 2.07. The third kappa shape index (κ3) is 3.91. The molecule has 0 atom stereocenters. The Hall–Kier alpha value is -1.69. The Kier molecular flexibility index (Phi) is 5.50. The van der Waals surface area contributed by atoms with Crippen LogP contribution in [0.15, 0.2) is 30.3 Å². The number of aromatic nitrogens is 1. The minimum absolute atomic E-state index is 0.00400. The number of carbonyl (C=O) groups is 1. The Balaban J connectivity index is 2.27. The van der Waals surface area contributed by atoms with Crippen molar-refractivity contribution in [3.63, 3.8) is 0 Å². The van der Waals surface area contributed by atoms with Crippen molar-refractivity contribution < 1.29 is 15.0 Å². The fourth-order valence-corrected chi connectivity index (χ4v) is 2.23. The zero-order chi connectivity index (χ0) is 15.2. The van der Waals surface area contributed by atoms with Gasteiger partial charge in [-0.05, 0) is 24.6 Å². The van der Waals surface area contributed by atoms with E-state index in [4.69, 9.17) is 21.8 Å². The number of halogens is 1. The maximum atomic E-state index is 12.4. The first kappa shape index (κ1) is 15.7. The number of fused-ring (bicyclic) bond motifs is 1. The molecule has 0 unspecified atom stereocenters. The minimum Gasteiger partial charge on any atom is -0.396 e. The third-order valence-corrected chi connectivity index (χ3v) is 3.35. The summed E-state index contributed by atoms with van der Waals surface area (Å²) in [5, 5.41) is 19.4. The molecule has 112 valence electrons. The van der Waals surface area contributed by atoms with Gasteiger partial charge in [0.25, 0.3) is 5.91 Å². The molecule has 0 saturated heterocycles. The zero-order valence-electron chi connectivity index (χ0n) is 11.5. The first-order valence-corrected chi connectivity index (χ1v) is 7.11. The summed E-state index contributed by atoms with van der Waals surface area (Å²) in [5.74, 6) is -0.264. The Morgan fingerprint density at radius 1 is 1.14 bits per heavy atom. The lowest BCUT2D eigenvalue weighted by Gasteiger charge is -2.21. The van der Waals surface area contributed by atoms with E-state index in [0.29, 0.717) is 29.2 Å². The molecule has 2 N–H and O–H groups in total. The summed E-state index contributed by atoms with van der Waals surface area (Å²) in [6.45, 7) is 0.464. The number of benzene rings is 1. The van der Waals surface area contributed by atoms with Crippen LogP contribution in [-0.4, -0.2) is 52.3 Å². The summed E-state index contributed by atoms with van der Waals surface area (Å²) in [6, 6.07) is 8.79. The molecule has 0 aliphatic carbocycles. The summed E-state index contributed by atoms with van der Waals surface area (Å²) in [6.07, 6.45) is 0.463. The van der Waals surface area contributed by atoms with E-state index in [1.807, 2.05) is 12.1 Å². The van der Waals surface area contributed by atoms with E-state index >= 15 is 0 Å². The van der Waals surface area contributed by atoms with Crippen LogP contribution in [0.3, 0.4) is 0 Å². The van der Waals surface area contributed by atoms with E-state index in [1.165, 1.54) is 4.90 Å². The van der Waals surface area contributed by atoms with Crippen LogP contribution in [0.2, 0.25) is 5.02 Å². The second-order valence-corrected chi connectivity index (χ2v) is 5.06. The molecular weight excluding hydrogens is 292 g/mol. The summed E-state index contributed by atoms with van der Waals surface area (Å²) < 4.78 is 0. The summed E-state index contributed by atoms with van der Waals surface area (Å²) in [4.78, 5) is 18.2. The highest BCUT2D eigenvalue weighted by molar-refractivity contribution is 6.31. The molecule has 1 aromatic heterocycles. The highest BCUT2D eigenvalue weighted by Crippen LogP contribution is 2.18. The van der Waals surface area contributed by atoms with Gasteiger partial charge in [-0.25, -0.2) is 4.98 Å². The van der Waals surface area contributed by atoms with Crippen molar-refractivity contribution >= 4 is 28.4 Å². The van der Waals surface area contributed by atoms with Crippen molar-refractivity contribution in [2.24, 2.45) is 0 Å².